The SMILES string of the molecule is CCCCC/C=C\C/C=C\C/C=C\C/C=C\CCCC(=O)OC[C@@H](COC(=O)CCCCCCCCCCCCCCCC)OC(=O)CCCCCCCCC/C=C\C/C=C\CCCCC. The van der Waals surface area contributed by atoms with Crippen LogP contribution in [0.5, 0.6) is 0 Å². The lowest BCUT2D eigenvalue weighted by Crippen LogP contribution is -2.30. The molecule has 0 N–H and O–H groups in total. The minimum atomic E-state index is -0.800. The van der Waals surface area contributed by atoms with Crippen LogP contribution in [-0.2, 0) is 28.6 Å². The first-order chi connectivity index (χ1) is 32.5. The third-order valence-electron chi connectivity index (χ3n) is 11.9. The molecule has 0 amide bonds. The lowest BCUT2D eigenvalue weighted by atomic mass is 10.0. The highest BCUT2D eigenvalue weighted by Crippen LogP contribution is 2.15. The minimum absolute atomic E-state index is 0.0936. The van der Waals surface area contributed by atoms with E-state index in [0.717, 1.165) is 77.0 Å². The van der Waals surface area contributed by atoms with E-state index in [9.17, 15) is 14.4 Å². The minimum Gasteiger partial charge on any atom is -0.462 e. The molecule has 1 atom stereocenters. The Bertz CT molecular complexity index is 1240. The van der Waals surface area contributed by atoms with Crippen LogP contribution >= 0.6 is 0 Å². The molecular formula is C60H104O6. The number of hydrogen-bond donors (Lipinski definition) is 0. The van der Waals surface area contributed by atoms with Gasteiger partial charge in [0.25, 0.3) is 0 Å². The molecule has 0 aromatic carbocycles. The molecule has 6 heteroatoms. The van der Waals surface area contributed by atoms with Crippen molar-refractivity contribution in [3.63, 3.8) is 0 Å². The molecule has 0 radical (unpaired) electrons. The van der Waals surface area contributed by atoms with Gasteiger partial charge in [0.1, 0.15) is 13.2 Å². The normalized spacial score (nSPS) is 12.6. The topological polar surface area (TPSA) is 78.9 Å². The maximum Gasteiger partial charge on any atom is 0.306 e. The van der Waals surface area contributed by atoms with Crippen LogP contribution in [0.25, 0.3) is 0 Å². The predicted molar refractivity (Wildman–Crippen MR) is 284 cm³/mol. The van der Waals surface area contributed by atoms with Gasteiger partial charge in [-0.3, -0.25) is 14.4 Å². The van der Waals surface area contributed by atoms with Gasteiger partial charge >= 0.3 is 17.9 Å². The third kappa shape index (κ3) is 51.8. The molecule has 380 valence electrons. The van der Waals surface area contributed by atoms with Gasteiger partial charge in [0.15, 0.2) is 6.10 Å². The van der Waals surface area contributed by atoms with Gasteiger partial charge in [-0.25, -0.2) is 0 Å². The van der Waals surface area contributed by atoms with Crippen LogP contribution in [-0.4, -0.2) is 37.2 Å². The van der Waals surface area contributed by atoms with E-state index in [4.69, 9.17) is 14.2 Å². The monoisotopic (exact) mass is 921 g/mol. The maximum absolute atomic E-state index is 12.8. The molecule has 0 fully saturated rings. The lowest BCUT2D eigenvalue weighted by molar-refractivity contribution is -0.167. The quantitative estimate of drug-likeness (QED) is 0.0262. The first-order valence-electron chi connectivity index (χ1n) is 27.9. The van der Waals surface area contributed by atoms with E-state index in [1.807, 2.05) is 0 Å². The van der Waals surface area contributed by atoms with Crippen molar-refractivity contribution in [2.45, 2.75) is 277 Å². The van der Waals surface area contributed by atoms with E-state index in [-0.39, 0.29) is 37.5 Å². The lowest BCUT2D eigenvalue weighted by Gasteiger charge is -2.18. The van der Waals surface area contributed by atoms with E-state index in [1.54, 1.807) is 0 Å². The van der Waals surface area contributed by atoms with E-state index in [1.165, 1.54) is 148 Å². The smallest absolute Gasteiger partial charge is 0.306 e. The molecule has 0 saturated carbocycles. The first-order valence-corrected chi connectivity index (χ1v) is 27.9. The highest BCUT2D eigenvalue weighted by Gasteiger charge is 2.19. The van der Waals surface area contributed by atoms with E-state index in [2.05, 4.69) is 93.7 Å². The van der Waals surface area contributed by atoms with Crippen molar-refractivity contribution in [1.82, 2.24) is 0 Å². The fraction of sp³-hybridized carbons (Fsp3) is 0.750. The van der Waals surface area contributed by atoms with Crippen LogP contribution in [0.1, 0.15) is 271 Å². The number of ether oxygens (including phenoxy) is 3. The van der Waals surface area contributed by atoms with Gasteiger partial charge in [-0.05, 0) is 89.9 Å². The number of carbonyl (C=O) groups excluding carboxylic acids is 3. The summed E-state index contributed by atoms with van der Waals surface area (Å²) in [6.07, 6.45) is 68.9. The summed E-state index contributed by atoms with van der Waals surface area (Å²) in [5.41, 5.74) is 0. The van der Waals surface area contributed by atoms with Crippen molar-refractivity contribution in [3.8, 4) is 0 Å². The van der Waals surface area contributed by atoms with Crippen molar-refractivity contribution in [2.75, 3.05) is 13.2 Å². The zero-order valence-corrected chi connectivity index (χ0v) is 43.4. The van der Waals surface area contributed by atoms with Gasteiger partial charge < -0.3 is 14.2 Å². The summed E-state index contributed by atoms with van der Waals surface area (Å²) >= 11 is 0. The Morgan fingerprint density at radius 3 is 0.939 bits per heavy atom. The number of hydrogen-bond acceptors (Lipinski definition) is 6. The van der Waals surface area contributed by atoms with Gasteiger partial charge in [0, 0.05) is 19.3 Å². The summed E-state index contributed by atoms with van der Waals surface area (Å²) in [5.74, 6) is -0.953. The molecule has 0 saturated heterocycles. The second-order valence-electron chi connectivity index (χ2n) is 18.5. The number of esters is 3. The van der Waals surface area contributed by atoms with Crippen molar-refractivity contribution in [3.05, 3.63) is 72.9 Å². The average Bonchev–Trinajstić information content (AvgIpc) is 3.31. The zero-order chi connectivity index (χ0) is 47.9. The molecule has 0 aliphatic carbocycles. The Labute approximate surface area is 408 Å². The van der Waals surface area contributed by atoms with Crippen LogP contribution in [0.4, 0.5) is 0 Å². The van der Waals surface area contributed by atoms with Crippen LogP contribution < -0.4 is 0 Å². The van der Waals surface area contributed by atoms with Crippen molar-refractivity contribution < 1.29 is 28.6 Å². The molecule has 0 heterocycles. The molecule has 0 aromatic heterocycles. The van der Waals surface area contributed by atoms with Gasteiger partial charge in [-0.2, -0.15) is 0 Å². The summed E-state index contributed by atoms with van der Waals surface area (Å²) < 4.78 is 16.8. The predicted octanol–water partition coefficient (Wildman–Crippen LogP) is 18.6. The zero-order valence-electron chi connectivity index (χ0n) is 43.4. The Morgan fingerprint density at radius 2 is 0.561 bits per heavy atom. The largest absolute Gasteiger partial charge is 0.462 e. The molecule has 0 aliphatic rings. The van der Waals surface area contributed by atoms with Crippen molar-refractivity contribution in [1.29, 1.82) is 0 Å². The van der Waals surface area contributed by atoms with Crippen LogP contribution in [0.3, 0.4) is 0 Å². The first kappa shape index (κ1) is 62.8. The fourth-order valence-corrected chi connectivity index (χ4v) is 7.70. The van der Waals surface area contributed by atoms with E-state index >= 15 is 0 Å². The third-order valence-corrected chi connectivity index (χ3v) is 11.9. The molecule has 0 aromatic rings. The van der Waals surface area contributed by atoms with Crippen LogP contribution in [0.2, 0.25) is 0 Å². The maximum atomic E-state index is 12.8. The summed E-state index contributed by atoms with van der Waals surface area (Å²) in [6.45, 7) is 6.55. The van der Waals surface area contributed by atoms with Gasteiger partial charge in [-0.1, -0.05) is 235 Å². The number of rotatable bonds is 50. The van der Waals surface area contributed by atoms with E-state index < -0.39 is 6.10 Å². The fourth-order valence-electron chi connectivity index (χ4n) is 7.70. The Hall–Kier alpha value is -3.15. The molecule has 0 bridgehead atoms. The van der Waals surface area contributed by atoms with Crippen molar-refractivity contribution >= 4 is 17.9 Å². The molecule has 0 aliphatic heterocycles. The average molecular weight is 921 g/mol. The molecule has 0 unspecified atom stereocenters. The number of unbranched alkanes of at least 4 members (excludes halogenated alkanes) is 27. The molecule has 66 heavy (non-hydrogen) atoms. The highest BCUT2D eigenvalue weighted by molar-refractivity contribution is 5.71. The second-order valence-corrected chi connectivity index (χ2v) is 18.5. The van der Waals surface area contributed by atoms with Gasteiger partial charge in [-0.15, -0.1) is 0 Å². The van der Waals surface area contributed by atoms with Crippen LogP contribution in [0, 0.1) is 0 Å². The Kier molecular flexibility index (Phi) is 51.9. The van der Waals surface area contributed by atoms with Crippen molar-refractivity contribution in [2.24, 2.45) is 0 Å². The summed E-state index contributed by atoms with van der Waals surface area (Å²) in [4.78, 5) is 38.1. The Morgan fingerprint density at radius 1 is 0.303 bits per heavy atom. The summed E-state index contributed by atoms with van der Waals surface area (Å²) in [5, 5.41) is 0. The van der Waals surface area contributed by atoms with Gasteiger partial charge in [0.05, 0.1) is 0 Å². The molecular weight excluding hydrogens is 817 g/mol. The standard InChI is InChI=1S/C60H104O6/c1-4-7-10-13-16-19-22-25-28-30-32-35-38-41-44-47-50-53-59(62)65-56-57(55-64-58(61)52-49-46-43-40-37-34-27-24-21-18-15-12-9-6-3)66-60(63)54-51-48-45-42-39-36-33-31-29-26-23-20-17-14-11-8-5-2/h16-17,19-20,25-26,28-29,32,35,41,44,57H,4-15,18,21-24,27,30-31,33-34,36-40,42-43,45-56H2,1-3H3/b19-16-,20-17-,28-25-,29-26-,35-32-,44-41-/t57-/m1/s1. The van der Waals surface area contributed by atoms with E-state index in [0.29, 0.717) is 19.3 Å². The summed E-state index contributed by atoms with van der Waals surface area (Å²) in [6, 6.07) is 0. The second kappa shape index (κ2) is 54.5. The van der Waals surface area contributed by atoms with Crippen LogP contribution in [0.15, 0.2) is 72.9 Å². The highest BCUT2D eigenvalue weighted by atomic mass is 16.6. The molecule has 0 rings (SSSR count). The molecule has 6 nitrogen and oxygen atoms in total. The van der Waals surface area contributed by atoms with Gasteiger partial charge in [0.2, 0.25) is 0 Å². The summed E-state index contributed by atoms with van der Waals surface area (Å²) in [7, 11) is 0. The molecule has 0 spiro atoms. The Balaban J connectivity index is 4.47. The number of allylic oxidation sites excluding steroid dienone is 12. The number of carbonyl (C=O) groups is 3.